The second-order valence-corrected chi connectivity index (χ2v) is 3.16. The zero-order chi connectivity index (χ0) is 11.6. The summed E-state index contributed by atoms with van der Waals surface area (Å²) in [6.45, 7) is 0. The van der Waals surface area contributed by atoms with Crippen molar-refractivity contribution in [1.82, 2.24) is 4.98 Å². The van der Waals surface area contributed by atoms with E-state index in [0.29, 0.717) is 0 Å². The fourth-order valence-electron chi connectivity index (χ4n) is 1.07. The molecule has 0 saturated carbocycles. The standard InChI is InChI=1S/C8H7ClF2N2O2/c9-4-1-3(2-5(14)15)6(12)7(13-4)8(10)11/h1,8H,2,12H2,(H,14,15). The number of aliphatic carboxylic acids is 1. The van der Waals surface area contributed by atoms with Crippen molar-refractivity contribution in [3.05, 3.63) is 22.5 Å². The third kappa shape index (κ3) is 2.76. The fraction of sp³-hybridized carbons (Fsp3) is 0.250. The van der Waals surface area contributed by atoms with Gasteiger partial charge in [-0.15, -0.1) is 0 Å². The summed E-state index contributed by atoms with van der Waals surface area (Å²) in [6.07, 6.45) is -3.34. The molecule has 1 aromatic heterocycles. The van der Waals surface area contributed by atoms with E-state index < -0.39 is 24.5 Å². The van der Waals surface area contributed by atoms with Crippen molar-refractivity contribution in [2.45, 2.75) is 12.8 Å². The van der Waals surface area contributed by atoms with Crippen molar-refractivity contribution in [2.75, 3.05) is 5.73 Å². The summed E-state index contributed by atoms with van der Waals surface area (Å²) in [7, 11) is 0. The Morgan fingerprint density at radius 3 is 2.73 bits per heavy atom. The summed E-state index contributed by atoms with van der Waals surface area (Å²) in [6, 6.07) is 1.16. The monoisotopic (exact) mass is 236 g/mol. The third-order valence-corrected chi connectivity index (χ3v) is 1.88. The number of carbonyl (C=O) groups is 1. The highest BCUT2D eigenvalue weighted by Crippen LogP contribution is 2.28. The van der Waals surface area contributed by atoms with Crippen LogP contribution in [0.2, 0.25) is 5.15 Å². The summed E-state index contributed by atoms with van der Waals surface area (Å²) >= 11 is 5.46. The van der Waals surface area contributed by atoms with E-state index in [0.717, 1.165) is 6.07 Å². The molecule has 3 N–H and O–H groups in total. The zero-order valence-electron chi connectivity index (χ0n) is 7.38. The van der Waals surface area contributed by atoms with Crippen molar-refractivity contribution in [3.8, 4) is 0 Å². The molecule has 82 valence electrons. The number of aromatic nitrogens is 1. The number of nitrogens with two attached hydrogens (primary N) is 1. The van der Waals surface area contributed by atoms with Crippen molar-refractivity contribution in [2.24, 2.45) is 0 Å². The van der Waals surface area contributed by atoms with Gasteiger partial charge < -0.3 is 10.8 Å². The lowest BCUT2D eigenvalue weighted by atomic mass is 10.1. The van der Waals surface area contributed by atoms with Gasteiger partial charge in [0, 0.05) is 0 Å². The summed E-state index contributed by atoms with van der Waals surface area (Å²) in [5.41, 5.74) is 4.37. The van der Waals surface area contributed by atoms with E-state index in [2.05, 4.69) is 4.98 Å². The van der Waals surface area contributed by atoms with E-state index in [4.69, 9.17) is 22.4 Å². The molecule has 0 spiro atoms. The maximum atomic E-state index is 12.4. The van der Waals surface area contributed by atoms with Crippen LogP contribution in [-0.4, -0.2) is 16.1 Å². The van der Waals surface area contributed by atoms with Gasteiger partial charge in [-0.3, -0.25) is 4.79 Å². The van der Waals surface area contributed by atoms with Gasteiger partial charge in [-0.1, -0.05) is 11.6 Å². The molecule has 0 aliphatic rings. The number of anilines is 1. The van der Waals surface area contributed by atoms with Gasteiger partial charge in [-0.05, 0) is 11.6 Å². The minimum Gasteiger partial charge on any atom is -0.481 e. The summed E-state index contributed by atoms with van der Waals surface area (Å²) in [5, 5.41) is 8.31. The molecule has 0 radical (unpaired) electrons. The van der Waals surface area contributed by atoms with Gasteiger partial charge in [-0.25, -0.2) is 13.8 Å². The molecular formula is C8H7ClF2N2O2. The van der Waals surface area contributed by atoms with Gasteiger partial charge >= 0.3 is 5.97 Å². The van der Waals surface area contributed by atoms with Crippen LogP contribution in [0.25, 0.3) is 0 Å². The van der Waals surface area contributed by atoms with Crippen molar-refractivity contribution in [3.63, 3.8) is 0 Å². The van der Waals surface area contributed by atoms with Crippen LogP contribution in [0.4, 0.5) is 14.5 Å². The maximum Gasteiger partial charge on any atom is 0.307 e. The molecule has 0 aliphatic carbocycles. The molecule has 0 atom stereocenters. The van der Waals surface area contributed by atoms with Crippen LogP contribution in [0, 0.1) is 0 Å². The van der Waals surface area contributed by atoms with Crippen LogP contribution in [0.15, 0.2) is 6.07 Å². The van der Waals surface area contributed by atoms with Crippen LogP contribution in [-0.2, 0) is 11.2 Å². The number of carboxylic acid groups (broad SMARTS) is 1. The highest BCUT2D eigenvalue weighted by Gasteiger charge is 2.18. The molecule has 1 aromatic rings. The Hall–Kier alpha value is -1.43. The predicted molar refractivity (Wildman–Crippen MR) is 50.0 cm³/mol. The number of hydrogen-bond acceptors (Lipinski definition) is 3. The molecule has 4 nitrogen and oxygen atoms in total. The fourth-order valence-corrected chi connectivity index (χ4v) is 1.29. The lowest BCUT2D eigenvalue weighted by molar-refractivity contribution is -0.136. The molecule has 0 aliphatic heterocycles. The molecular weight excluding hydrogens is 230 g/mol. The topological polar surface area (TPSA) is 76.2 Å². The first-order valence-corrected chi connectivity index (χ1v) is 4.24. The lowest BCUT2D eigenvalue weighted by Gasteiger charge is -2.08. The number of halogens is 3. The van der Waals surface area contributed by atoms with Crippen molar-refractivity contribution < 1.29 is 18.7 Å². The van der Waals surface area contributed by atoms with Crippen molar-refractivity contribution >= 4 is 23.3 Å². The Labute approximate surface area is 88.7 Å². The molecule has 15 heavy (non-hydrogen) atoms. The Balaban J connectivity index is 3.21. The summed E-state index contributed by atoms with van der Waals surface area (Å²) < 4.78 is 24.8. The van der Waals surface area contributed by atoms with Crippen LogP contribution in [0.1, 0.15) is 17.7 Å². The number of carboxylic acids is 1. The van der Waals surface area contributed by atoms with E-state index in [9.17, 15) is 13.6 Å². The van der Waals surface area contributed by atoms with Gasteiger partial charge in [0.15, 0.2) is 0 Å². The lowest BCUT2D eigenvalue weighted by Crippen LogP contribution is -2.08. The first-order chi connectivity index (χ1) is 6.91. The second kappa shape index (κ2) is 4.39. The number of nitrogens with zero attached hydrogens (tertiary/aromatic N) is 1. The third-order valence-electron chi connectivity index (χ3n) is 1.69. The Morgan fingerprint density at radius 2 is 2.27 bits per heavy atom. The number of hydrogen-bond donors (Lipinski definition) is 2. The second-order valence-electron chi connectivity index (χ2n) is 2.77. The molecule has 0 bridgehead atoms. The molecule has 0 saturated heterocycles. The SMILES string of the molecule is Nc1c(CC(=O)O)cc(Cl)nc1C(F)F. The number of pyridine rings is 1. The summed E-state index contributed by atoms with van der Waals surface area (Å²) in [4.78, 5) is 13.7. The van der Waals surface area contributed by atoms with Gasteiger partial charge in [0.25, 0.3) is 6.43 Å². The number of rotatable bonds is 3. The quantitative estimate of drug-likeness (QED) is 0.786. The van der Waals surface area contributed by atoms with E-state index >= 15 is 0 Å². The van der Waals surface area contributed by atoms with Crippen molar-refractivity contribution in [1.29, 1.82) is 0 Å². The molecule has 7 heteroatoms. The Bertz CT molecular complexity index is 398. The van der Waals surface area contributed by atoms with E-state index in [1.54, 1.807) is 0 Å². The molecule has 1 heterocycles. The van der Waals surface area contributed by atoms with Gasteiger partial charge in [-0.2, -0.15) is 0 Å². The number of alkyl halides is 2. The minimum atomic E-state index is -2.88. The average Bonchev–Trinajstić information content (AvgIpc) is 2.09. The molecule has 1 rings (SSSR count). The Morgan fingerprint density at radius 1 is 1.67 bits per heavy atom. The smallest absolute Gasteiger partial charge is 0.307 e. The highest BCUT2D eigenvalue weighted by molar-refractivity contribution is 6.29. The largest absolute Gasteiger partial charge is 0.481 e. The van der Waals surface area contributed by atoms with Crippen LogP contribution < -0.4 is 5.73 Å². The highest BCUT2D eigenvalue weighted by atomic mass is 35.5. The maximum absolute atomic E-state index is 12.4. The summed E-state index contributed by atoms with van der Waals surface area (Å²) in [5.74, 6) is -1.18. The molecule has 0 fully saturated rings. The predicted octanol–water partition coefficient (Wildman–Crippen LogP) is 1.88. The Kier molecular flexibility index (Phi) is 3.41. The zero-order valence-corrected chi connectivity index (χ0v) is 8.13. The van der Waals surface area contributed by atoms with Crippen LogP contribution >= 0.6 is 11.6 Å². The number of nitrogen functional groups attached to an aromatic ring is 1. The molecule has 0 unspecified atom stereocenters. The van der Waals surface area contributed by atoms with E-state index in [1.807, 2.05) is 0 Å². The first kappa shape index (κ1) is 11.6. The van der Waals surface area contributed by atoms with Crippen LogP contribution in [0.3, 0.4) is 0 Å². The average molecular weight is 237 g/mol. The van der Waals surface area contributed by atoms with Crippen LogP contribution in [0.5, 0.6) is 0 Å². The molecule has 0 aromatic carbocycles. The van der Waals surface area contributed by atoms with Gasteiger partial charge in [0.05, 0.1) is 12.1 Å². The van der Waals surface area contributed by atoms with Gasteiger partial charge in [0.1, 0.15) is 10.8 Å². The van der Waals surface area contributed by atoms with Gasteiger partial charge in [0.2, 0.25) is 0 Å². The van der Waals surface area contributed by atoms with E-state index in [1.165, 1.54) is 0 Å². The van der Waals surface area contributed by atoms with E-state index in [-0.39, 0.29) is 16.4 Å². The normalized spacial score (nSPS) is 10.7. The first-order valence-electron chi connectivity index (χ1n) is 3.86. The molecule has 0 amide bonds. The minimum absolute atomic E-state index is 0.0396.